The maximum Gasteiger partial charge on any atom is 0.201 e. The molecule has 2 aromatic heterocycles. The smallest absolute Gasteiger partial charge is 0.201 e. The molecule has 0 saturated heterocycles. The van der Waals surface area contributed by atoms with Crippen molar-refractivity contribution < 1.29 is 0 Å². The Morgan fingerprint density at radius 3 is 2.83 bits per heavy atom. The van der Waals surface area contributed by atoms with E-state index >= 15 is 0 Å². The Kier molecular flexibility index (Phi) is 2.76. The van der Waals surface area contributed by atoms with Gasteiger partial charge in [0.15, 0.2) is 0 Å². The van der Waals surface area contributed by atoms with E-state index in [0.29, 0.717) is 0 Å². The van der Waals surface area contributed by atoms with Gasteiger partial charge in [0, 0.05) is 5.38 Å². The summed E-state index contributed by atoms with van der Waals surface area (Å²) >= 11 is 1.67. The van der Waals surface area contributed by atoms with Crippen molar-refractivity contribution >= 4 is 28.3 Å². The molecule has 0 bridgehead atoms. The van der Waals surface area contributed by atoms with Crippen molar-refractivity contribution in [3.63, 3.8) is 0 Å². The summed E-state index contributed by atoms with van der Waals surface area (Å²) in [5.41, 5.74) is 3.07. The van der Waals surface area contributed by atoms with Gasteiger partial charge in [-0.15, -0.1) is 11.3 Å². The predicted molar refractivity (Wildman–Crippen MR) is 75.0 cm³/mol. The number of benzene rings is 1. The van der Waals surface area contributed by atoms with Crippen LogP contribution >= 0.6 is 11.3 Å². The van der Waals surface area contributed by atoms with Crippen LogP contribution in [0.2, 0.25) is 0 Å². The summed E-state index contributed by atoms with van der Waals surface area (Å²) in [6.45, 7) is 4.10. The second kappa shape index (κ2) is 4.42. The molecule has 0 fully saturated rings. The van der Waals surface area contributed by atoms with Crippen molar-refractivity contribution in [2.24, 2.45) is 0 Å². The van der Waals surface area contributed by atoms with E-state index < -0.39 is 0 Å². The summed E-state index contributed by atoms with van der Waals surface area (Å²) in [5, 5.41) is 6.50. The first-order valence-electron chi connectivity index (χ1n) is 5.85. The number of thiazole rings is 1. The molecule has 0 amide bonds. The number of nitrogens with one attached hydrogen (secondary N) is 2. The van der Waals surface area contributed by atoms with Gasteiger partial charge in [-0.2, -0.15) is 0 Å². The van der Waals surface area contributed by atoms with Crippen molar-refractivity contribution in [1.82, 2.24) is 15.0 Å². The SMILES string of the molecule is Cc1nc(C(C)Nc2nc3ccccc3[nH]2)cs1. The Balaban J connectivity index is 1.83. The number of para-hydroxylation sites is 2. The van der Waals surface area contributed by atoms with Gasteiger partial charge in [-0.1, -0.05) is 12.1 Å². The van der Waals surface area contributed by atoms with Gasteiger partial charge in [-0.25, -0.2) is 9.97 Å². The van der Waals surface area contributed by atoms with E-state index in [-0.39, 0.29) is 6.04 Å². The number of aromatic amines is 1. The van der Waals surface area contributed by atoms with Crippen LogP contribution < -0.4 is 5.32 Å². The minimum Gasteiger partial charge on any atom is -0.348 e. The van der Waals surface area contributed by atoms with E-state index in [0.717, 1.165) is 27.7 Å². The lowest BCUT2D eigenvalue weighted by molar-refractivity contribution is 0.833. The molecule has 3 aromatic rings. The number of rotatable bonds is 3. The van der Waals surface area contributed by atoms with Crippen molar-refractivity contribution in [3.05, 3.63) is 40.3 Å². The zero-order valence-corrected chi connectivity index (χ0v) is 11.1. The van der Waals surface area contributed by atoms with E-state index in [2.05, 4.69) is 32.6 Å². The van der Waals surface area contributed by atoms with Crippen molar-refractivity contribution in [1.29, 1.82) is 0 Å². The van der Waals surface area contributed by atoms with E-state index in [1.54, 1.807) is 11.3 Å². The largest absolute Gasteiger partial charge is 0.348 e. The molecule has 92 valence electrons. The first-order chi connectivity index (χ1) is 8.72. The monoisotopic (exact) mass is 258 g/mol. The van der Waals surface area contributed by atoms with Crippen LogP contribution in [0.1, 0.15) is 23.7 Å². The van der Waals surface area contributed by atoms with Crippen LogP contribution in [0.4, 0.5) is 5.95 Å². The van der Waals surface area contributed by atoms with Crippen LogP contribution in [0.25, 0.3) is 11.0 Å². The number of hydrogen-bond acceptors (Lipinski definition) is 4. The molecule has 0 saturated carbocycles. The Morgan fingerprint density at radius 2 is 2.11 bits per heavy atom. The van der Waals surface area contributed by atoms with Crippen molar-refractivity contribution in [2.75, 3.05) is 5.32 Å². The van der Waals surface area contributed by atoms with E-state index in [1.165, 1.54) is 0 Å². The molecule has 4 nitrogen and oxygen atoms in total. The number of nitrogens with zero attached hydrogens (tertiary/aromatic N) is 2. The van der Waals surface area contributed by atoms with Crippen molar-refractivity contribution in [3.8, 4) is 0 Å². The summed E-state index contributed by atoms with van der Waals surface area (Å²) in [7, 11) is 0. The highest BCUT2D eigenvalue weighted by Crippen LogP contribution is 2.21. The third-order valence-electron chi connectivity index (χ3n) is 2.82. The van der Waals surface area contributed by atoms with Gasteiger partial charge in [0.05, 0.1) is 27.8 Å². The molecule has 5 heteroatoms. The average Bonchev–Trinajstić information content (AvgIpc) is 2.94. The van der Waals surface area contributed by atoms with Crippen LogP contribution in [0.15, 0.2) is 29.6 Å². The zero-order valence-electron chi connectivity index (χ0n) is 10.3. The molecular formula is C13H14N4S. The Morgan fingerprint density at radius 1 is 1.28 bits per heavy atom. The fourth-order valence-electron chi connectivity index (χ4n) is 1.88. The second-order valence-electron chi connectivity index (χ2n) is 4.26. The molecule has 18 heavy (non-hydrogen) atoms. The first-order valence-corrected chi connectivity index (χ1v) is 6.73. The van der Waals surface area contributed by atoms with E-state index in [4.69, 9.17) is 0 Å². The van der Waals surface area contributed by atoms with Gasteiger partial charge in [0.2, 0.25) is 5.95 Å². The highest BCUT2D eigenvalue weighted by molar-refractivity contribution is 7.09. The summed E-state index contributed by atoms with van der Waals surface area (Å²) in [5.74, 6) is 0.786. The minimum absolute atomic E-state index is 0.149. The van der Waals surface area contributed by atoms with Crippen molar-refractivity contribution in [2.45, 2.75) is 19.9 Å². The lowest BCUT2D eigenvalue weighted by Gasteiger charge is -2.09. The van der Waals surface area contributed by atoms with E-state index in [9.17, 15) is 0 Å². The normalized spacial score (nSPS) is 12.8. The zero-order chi connectivity index (χ0) is 12.5. The molecule has 0 spiro atoms. The third kappa shape index (κ3) is 2.09. The molecule has 1 aromatic carbocycles. The quantitative estimate of drug-likeness (QED) is 0.756. The molecule has 3 rings (SSSR count). The minimum atomic E-state index is 0.149. The van der Waals surface area contributed by atoms with Gasteiger partial charge < -0.3 is 10.3 Å². The molecule has 0 aliphatic carbocycles. The lowest BCUT2D eigenvalue weighted by atomic mass is 10.3. The van der Waals surface area contributed by atoms with Gasteiger partial charge >= 0.3 is 0 Å². The maximum atomic E-state index is 4.49. The number of aromatic nitrogens is 3. The molecule has 0 aliphatic heterocycles. The Labute approximate surface area is 109 Å². The van der Waals surface area contributed by atoms with Crippen LogP contribution in [-0.2, 0) is 0 Å². The van der Waals surface area contributed by atoms with Crippen LogP contribution in [-0.4, -0.2) is 15.0 Å². The van der Waals surface area contributed by atoms with Crippen LogP contribution in [0.5, 0.6) is 0 Å². The van der Waals surface area contributed by atoms with E-state index in [1.807, 2.05) is 31.2 Å². The number of hydrogen-bond donors (Lipinski definition) is 2. The summed E-state index contributed by atoms with van der Waals surface area (Å²) in [4.78, 5) is 12.2. The number of anilines is 1. The van der Waals surface area contributed by atoms with Gasteiger partial charge in [-0.05, 0) is 26.0 Å². The topological polar surface area (TPSA) is 53.6 Å². The standard InChI is InChI=1S/C13H14N4S/c1-8(12-7-18-9(2)15-12)14-13-16-10-5-3-4-6-11(10)17-13/h3-8H,1-2H3,(H2,14,16,17). The fourth-order valence-corrected chi connectivity index (χ4v) is 2.59. The molecule has 2 heterocycles. The number of fused-ring (bicyclic) bond motifs is 1. The molecule has 0 radical (unpaired) electrons. The average molecular weight is 258 g/mol. The number of imidazole rings is 1. The lowest BCUT2D eigenvalue weighted by Crippen LogP contribution is -2.08. The third-order valence-corrected chi connectivity index (χ3v) is 3.61. The highest BCUT2D eigenvalue weighted by atomic mass is 32.1. The summed E-state index contributed by atoms with van der Waals surface area (Å²) in [6.07, 6.45) is 0. The maximum absolute atomic E-state index is 4.49. The summed E-state index contributed by atoms with van der Waals surface area (Å²) < 4.78 is 0. The first kappa shape index (κ1) is 11.2. The fraction of sp³-hybridized carbons (Fsp3) is 0.231. The molecule has 0 aliphatic rings. The number of H-pyrrole nitrogens is 1. The van der Waals surface area contributed by atoms with Gasteiger partial charge in [0.1, 0.15) is 0 Å². The summed E-state index contributed by atoms with van der Waals surface area (Å²) in [6, 6.07) is 8.15. The molecule has 1 unspecified atom stereocenters. The second-order valence-corrected chi connectivity index (χ2v) is 5.32. The Bertz CT molecular complexity index is 637. The molecule has 1 atom stereocenters. The molecule has 2 N–H and O–H groups in total. The number of aryl methyl sites for hydroxylation is 1. The predicted octanol–water partition coefficient (Wildman–Crippen LogP) is 3.50. The van der Waals surface area contributed by atoms with Crippen LogP contribution in [0.3, 0.4) is 0 Å². The van der Waals surface area contributed by atoms with Gasteiger partial charge in [0.25, 0.3) is 0 Å². The van der Waals surface area contributed by atoms with Gasteiger partial charge in [-0.3, -0.25) is 0 Å². The Hall–Kier alpha value is -1.88. The van der Waals surface area contributed by atoms with Crippen LogP contribution in [0, 0.1) is 6.92 Å². The highest BCUT2D eigenvalue weighted by Gasteiger charge is 2.10. The molecular weight excluding hydrogens is 244 g/mol.